The summed E-state index contributed by atoms with van der Waals surface area (Å²) < 4.78 is 66.2. The molecule has 0 saturated carbocycles. The standard InChI is InChI=1S/C27H29N3O7S2/c31-27(28-16-19-36-21-12-14-23(15-13-21)38(32,33)29-17-6-7-18-29)26-20-30(24-10-4-5-11-25(24)37-26)39(34,35)22-8-2-1-3-9-22/h1-5,8-15,26H,6-7,16-20H2,(H,28,31)/t26-/m1/s1. The molecule has 3 aromatic carbocycles. The van der Waals surface area contributed by atoms with Crippen molar-refractivity contribution in [2.24, 2.45) is 0 Å². The first-order valence-electron chi connectivity index (χ1n) is 12.6. The fourth-order valence-electron chi connectivity index (χ4n) is 4.53. The first-order valence-corrected chi connectivity index (χ1v) is 15.5. The second-order valence-electron chi connectivity index (χ2n) is 9.15. The minimum Gasteiger partial charge on any atom is -0.492 e. The van der Waals surface area contributed by atoms with Crippen LogP contribution in [0, 0.1) is 0 Å². The van der Waals surface area contributed by atoms with Gasteiger partial charge < -0.3 is 14.8 Å². The summed E-state index contributed by atoms with van der Waals surface area (Å²) in [6, 6.07) is 20.9. The Labute approximate surface area is 228 Å². The van der Waals surface area contributed by atoms with Crippen LogP contribution in [0.5, 0.6) is 11.5 Å². The van der Waals surface area contributed by atoms with E-state index in [1.165, 1.54) is 32.9 Å². The predicted octanol–water partition coefficient (Wildman–Crippen LogP) is 2.62. The van der Waals surface area contributed by atoms with Gasteiger partial charge in [0.2, 0.25) is 10.0 Å². The number of fused-ring (bicyclic) bond motifs is 1. The average Bonchev–Trinajstić information content (AvgIpc) is 3.52. The van der Waals surface area contributed by atoms with E-state index in [-0.39, 0.29) is 29.5 Å². The van der Waals surface area contributed by atoms with Gasteiger partial charge in [-0.2, -0.15) is 4.31 Å². The van der Waals surface area contributed by atoms with Gasteiger partial charge in [-0.3, -0.25) is 9.10 Å². The van der Waals surface area contributed by atoms with Crippen LogP contribution in [-0.4, -0.2) is 65.9 Å². The number of anilines is 1. The Morgan fingerprint density at radius 2 is 1.49 bits per heavy atom. The maximum atomic E-state index is 13.4. The van der Waals surface area contributed by atoms with Crippen molar-refractivity contribution in [3.8, 4) is 11.5 Å². The van der Waals surface area contributed by atoms with Gasteiger partial charge in [-0.1, -0.05) is 30.3 Å². The summed E-state index contributed by atoms with van der Waals surface area (Å²) >= 11 is 0. The fraction of sp³-hybridized carbons (Fsp3) is 0.296. The van der Waals surface area contributed by atoms with Crippen LogP contribution in [0.1, 0.15) is 12.8 Å². The number of ether oxygens (including phenoxy) is 2. The summed E-state index contributed by atoms with van der Waals surface area (Å²) in [4.78, 5) is 13.3. The Hall–Kier alpha value is -3.61. The van der Waals surface area contributed by atoms with Gasteiger partial charge in [0.05, 0.1) is 28.6 Å². The number of carbonyl (C=O) groups is 1. The Balaban J connectivity index is 1.18. The zero-order valence-corrected chi connectivity index (χ0v) is 22.7. The Bertz CT molecular complexity index is 1520. The van der Waals surface area contributed by atoms with Gasteiger partial charge in [0.15, 0.2) is 6.10 Å². The summed E-state index contributed by atoms with van der Waals surface area (Å²) in [7, 11) is -7.42. The van der Waals surface area contributed by atoms with Gasteiger partial charge in [-0.25, -0.2) is 16.8 Å². The molecule has 0 spiro atoms. The highest BCUT2D eigenvalue weighted by Gasteiger charge is 2.37. The van der Waals surface area contributed by atoms with Crippen LogP contribution in [0.15, 0.2) is 88.7 Å². The van der Waals surface area contributed by atoms with Crippen LogP contribution in [0.3, 0.4) is 0 Å². The van der Waals surface area contributed by atoms with E-state index in [2.05, 4.69) is 5.32 Å². The molecule has 1 atom stereocenters. The van der Waals surface area contributed by atoms with E-state index in [1.54, 1.807) is 54.6 Å². The van der Waals surface area contributed by atoms with Crippen molar-refractivity contribution in [3.63, 3.8) is 0 Å². The third-order valence-electron chi connectivity index (χ3n) is 6.56. The molecule has 5 rings (SSSR count). The topological polar surface area (TPSA) is 122 Å². The normalized spacial score (nSPS) is 17.7. The smallest absolute Gasteiger partial charge is 0.264 e. The van der Waals surface area contributed by atoms with Gasteiger partial charge in [0.25, 0.3) is 15.9 Å². The van der Waals surface area contributed by atoms with Gasteiger partial charge in [-0.05, 0) is 61.4 Å². The molecule has 10 nitrogen and oxygen atoms in total. The van der Waals surface area contributed by atoms with Crippen LogP contribution in [0.25, 0.3) is 0 Å². The van der Waals surface area contributed by atoms with E-state index >= 15 is 0 Å². The first-order chi connectivity index (χ1) is 18.8. The van der Waals surface area contributed by atoms with E-state index in [4.69, 9.17) is 9.47 Å². The molecule has 2 aliphatic heterocycles. The number of rotatable bonds is 9. The molecule has 3 aromatic rings. The lowest BCUT2D eigenvalue weighted by Gasteiger charge is -2.34. The van der Waals surface area contributed by atoms with Gasteiger partial charge in [0, 0.05) is 13.1 Å². The second-order valence-corrected chi connectivity index (χ2v) is 12.9. The van der Waals surface area contributed by atoms with Gasteiger partial charge in [0.1, 0.15) is 18.1 Å². The lowest BCUT2D eigenvalue weighted by Crippen LogP contribution is -2.51. The molecule has 12 heteroatoms. The van der Waals surface area contributed by atoms with E-state index in [0.717, 1.165) is 12.8 Å². The molecule has 206 valence electrons. The van der Waals surface area contributed by atoms with Crippen LogP contribution >= 0.6 is 0 Å². The van der Waals surface area contributed by atoms with Gasteiger partial charge >= 0.3 is 0 Å². The molecule has 0 bridgehead atoms. The number of hydrogen-bond acceptors (Lipinski definition) is 7. The number of hydrogen-bond donors (Lipinski definition) is 1. The summed E-state index contributed by atoms with van der Waals surface area (Å²) in [5, 5.41) is 2.72. The van der Waals surface area contributed by atoms with Crippen molar-refractivity contribution in [2.75, 3.05) is 37.1 Å². The van der Waals surface area contributed by atoms with Crippen molar-refractivity contribution in [1.29, 1.82) is 0 Å². The summed E-state index contributed by atoms with van der Waals surface area (Å²) in [6.45, 7) is 1.14. The van der Waals surface area contributed by atoms with Gasteiger partial charge in [-0.15, -0.1) is 0 Å². The Morgan fingerprint density at radius 3 is 2.21 bits per heavy atom. The molecule has 1 fully saturated rings. The maximum Gasteiger partial charge on any atom is 0.264 e. The molecule has 2 heterocycles. The number of nitrogens with one attached hydrogen (secondary N) is 1. The average molecular weight is 572 g/mol. The highest BCUT2D eigenvalue weighted by atomic mass is 32.2. The van der Waals surface area contributed by atoms with Crippen LogP contribution < -0.4 is 19.1 Å². The molecule has 2 aliphatic rings. The van der Waals surface area contributed by atoms with Crippen molar-refractivity contribution in [1.82, 2.24) is 9.62 Å². The fourth-order valence-corrected chi connectivity index (χ4v) is 7.54. The molecule has 1 amide bonds. The largest absolute Gasteiger partial charge is 0.492 e. The lowest BCUT2D eigenvalue weighted by atomic mass is 10.2. The van der Waals surface area contributed by atoms with E-state index in [9.17, 15) is 21.6 Å². The SMILES string of the molecule is O=C(NCCOc1ccc(S(=O)(=O)N2CCCC2)cc1)[C@H]1CN(S(=O)(=O)c2ccccc2)c2ccccc2O1. The highest BCUT2D eigenvalue weighted by Crippen LogP contribution is 2.36. The van der Waals surface area contributed by atoms with Crippen LogP contribution in [-0.2, 0) is 24.8 Å². The summed E-state index contributed by atoms with van der Waals surface area (Å²) in [5.41, 5.74) is 0.365. The lowest BCUT2D eigenvalue weighted by molar-refractivity contribution is -0.127. The quantitative estimate of drug-likeness (QED) is 0.392. The number of nitrogens with zero attached hydrogens (tertiary/aromatic N) is 2. The number of para-hydroxylation sites is 2. The number of sulfonamides is 2. The minimum atomic E-state index is -3.92. The maximum absolute atomic E-state index is 13.4. The molecule has 0 radical (unpaired) electrons. The molecule has 0 aromatic heterocycles. The minimum absolute atomic E-state index is 0.119. The third kappa shape index (κ3) is 5.72. The monoisotopic (exact) mass is 571 g/mol. The molecule has 0 aliphatic carbocycles. The molecule has 0 unspecified atom stereocenters. The third-order valence-corrected chi connectivity index (χ3v) is 10.3. The molecule has 39 heavy (non-hydrogen) atoms. The van der Waals surface area contributed by atoms with E-state index in [1.807, 2.05) is 0 Å². The molecule has 1 N–H and O–H groups in total. The second kappa shape index (κ2) is 11.2. The van der Waals surface area contributed by atoms with Crippen molar-refractivity contribution in [3.05, 3.63) is 78.9 Å². The Kier molecular flexibility index (Phi) is 7.78. The number of carbonyl (C=O) groups excluding carboxylic acids is 1. The van der Waals surface area contributed by atoms with Crippen molar-refractivity contribution in [2.45, 2.75) is 28.7 Å². The zero-order chi connectivity index (χ0) is 27.5. The van der Waals surface area contributed by atoms with Crippen molar-refractivity contribution < 1.29 is 31.1 Å². The van der Waals surface area contributed by atoms with Crippen LogP contribution in [0.2, 0.25) is 0 Å². The highest BCUT2D eigenvalue weighted by molar-refractivity contribution is 7.92. The van der Waals surface area contributed by atoms with E-state index in [0.29, 0.717) is 30.3 Å². The number of amides is 1. The molecular formula is C27H29N3O7S2. The van der Waals surface area contributed by atoms with Crippen molar-refractivity contribution >= 4 is 31.6 Å². The van der Waals surface area contributed by atoms with E-state index < -0.39 is 32.1 Å². The first kappa shape index (κ1) is 27.0. The number of benzene rings is 3. The van der Waals surface area contributed by atoms with Crippen LogP contribution in [0.4, 0.5) is 5.69 Å². The zero-order valence-electron chi connectivity index (χ0n) is 21.1. The summed E-state index contributed by atoms with van der Waals surface area (Å²) in [5.74, 6) is 0.282. The molecular weight excluding hydrogens is 542 g/mol. The Morgan fingerprint density at radius 1 is 0.846 bits per heavy atom. The molecule has 1 saturated heterocycles. The summed E-state index contributed by atoms with van der Waals surface area (Å²) in [6.07, 6.45) is 0.671. The predicted molar refractivity (Wildman–Crippen MR) is 145 cm³/mol.